The van der Waals surface area contributed by atoms with Crippen LogP contribution in [0, 0.1) is 11.6 Å². The van der Waals surface area contributed by atoms with Gasteiger partial charge in [-0.3, -0.25) is 4.79 Å². The summed E-state index contributed by atoms with van der Waals surface area (Å²) in [4.78, 5) is 11.6. The Bertz CT molecular complexity index is 761. The van der Waals surface area contributed by atoms with Crippen LogP contribution in [0.4, 0.5) is 20.2 Å². The van der Waals surface area contributed by atoms with E-state index < -0.39 is 11.6 Å². The van der Waals surface area contributed by atoms with Crippen LogP contribution in [-0.2, 0) is 11.2 Å². The summed E-state index contributed by atoms with van der Waals surface area (Å²) in [5.41, 5.74) is 3.04. The van der Waals surface area contributed by atoms with Crippen LogP contribution in [0.2, 0.25) is 0 Å². The fourth-order valence-electron chi connectivity index (χ4n) is 3.05. The molecule has 0 bridgehead atoms. The average Bonchev–Trinajstić information content (AvgIpc) is 2.75. The standard InChI is InChI=1S/C19H20F2N2O/c1-2-17(15-11-13(20)6-8-16(15)21)22-14-7-9-18-12(10-14)4-3-5-19(24)23-18/h6-11,17,22H,2-5H2,1H3,(H,23,24). The van der Waals surface area contributed by atoms with E-state index in [1.807, 2.05) is 25.1 Å². The number of rotatable bonds is 4. The van der Waals surface area contributed by atoms with Crippen LogP contribution in [-0.4, -0.2) is 5.91 Å². The molecule has 1 amide bonds. The number of fused-ring (bicyclic) bond motifs is 1. The molecule has 2 aromatic rings. The monoisotopic (exact) mass is 330 g/mol. The predicted molar refractivity (Wildman–Crippen MR) is 91.0 cm³/mol. The third kappa shape index (κ3) is 3.55. The summed E-state index contributed by atoms with van der Waals surface area (Å²) in [5, 5.41) is 6.16. The zero-order valence-electron chi connectivity index (χ0n) is 13.5. The van der Waals surface area contributed by atoms with Crippen molar-refractivity contribution in [2.75, 3.05) is 10.6 Å². The SMILES string of the molecule is CCC(Nc1ccc2c(c1)CCCC(=O)N2)c1cc(F)ccc1F. The summed E-state index contributed by atoms with van der Waals surface area (Å²) < 4.78 is 27.5. The number of anilines is 2. The summed E-state index contributed by atoms with van der Waals surface area (Å²) in [6.45, 7) is 1.92. The first kappa shape index (κ1) is 16.4. The smallest absolute Gasteiger partial charge is 0.224 e. The van der Waals surface area contributed by atoms with Crippen LogP contribution < -0.4 is 10.6 Å². The van der Waals surface area contributed by atoms with Gasteiger partial charge in [0.2, 0.25) is 5.91 Å². The summed E-state index contributed by atoms with van der Waals surface area (Å²) in [6, 6.07) is 8.87. The van der Waals surface area contributed by atoms with Gasteiger partial charge in [-0.2, -0.15) is 0 Å². The van der Waals surface area contributed by atoms with Gasteiger partial charge in [-0.05, 0) is 61.2 Å². The lowest BCUT2D eigenvalue weighted by Gasteiger charge is -2.20. The number of amides is 1. The molecule has 0 spiro atoms. The van der Waals surface area contributed by atoms with Crippen LogP contribution in [0.25, 0.3) is 0 Å². The maximum Gasteiger partial charge on any atom is 0.224 e. The lowest BCUT2D eigenvalue weighted by molar-refractivity contribution is -0.116. The number of hydrogen-bond donors (Lipinski definition) is 2. The predicted octanol–water partition coefficient (Wildman–Crippen LogP) is 4.80. The normalized spacial score (nSPS) is 15.2. The topological polar surface area (TPSA) is 41.1 Å². The van der Waals surface area contributed by atoms with Crippen LogP contribution in [0.1, 0.15) is 43.4 Å². The van der Waals surface area contributed by atoms with Gasteiger partial charge < -0.3 is 10.6 Å². The minimum absolute atomic E-state index is 0.0303. The number of aryl methyl sites for hydroxylation is 1. The van der Waals surface area contributed by atoms with Gasteiger partial charge >= 0.3 is 0 Å². The van der Waals surface area contributed by atoms with E-state index in [1.165, 1.54) is 6.07 Å². The van der Waals surface area contributed by atoms with Crippen molar-refractivity contribution in [3.8, 4) is 0 Å². The molecule has 2 N–H and O–H groups in total. The Morgan fingerprint density at radius 2 is 2.00 bits per heavy atom. The molecule has 3 nitrogen and oxygen atoms in total. The van der Waals surface area contributed by atoms with Crippen LogP contribution in [0.3, 0.4) is 0 Å². The van der Waals surface area contributed by atoms with E-state index in [4.69, 9.17) is 0 Å². The first-order valence-electron chi connectivity index (χ1n) is 8.21. The van der Waals surface area contributed by atoms with Crippen molar-refractivity contribution in [3.05, 3.63) is 59.2 Å². The van der Waals surface area contributed by atoms with Crippen molar-refractivity contribution in [1.82, 2.24) is 0 Å². The number of halogens is 2. The average molecular weight is 330 g/mol. The minimum atomic E-state index is -0.448. The molecule has 2 aromatic carbocycles. The van der Waals surface area contributed by atoms with Gasteiger partial charge in [-0.25, -0.2) is 8.78 Å². The van der Waals surface area contributed by atoms with Crippen molar-refractivity contribution in [2.45, 2.75) is 38.6 Å². The van der Waals surface area contributed by atoms with Gasteiger partial charge in [-0.1, -0.05) is 6.92 Å². The molecule has 1 unspecified atom stereocenters. The molecule has 0 fully saturated rings. The number of nitrogens with one attached hydrogen (secondary N) is 2. The second-order valence-corrected chi connectivity index (χ2v) is 6.04. The quantitative estimate of drug-likeness (QED) is 0.845. The molecular weight excluding hydrogens is 310 g/mol. The van der Waals surface area contributed by atoms with Crippen molar-refractivity contribution < 1.29 is 13.6 Å². The highest BCUT2D eigenvalue weighted by atomic mass is 19.1. The van der Waals surface area contributed by atoms with Gasteiger partial charge in [0.1, 0.15) is 11.6 Å². The number of hydrogen-bond acceptors (Lipinski definition) is 2. The Morgan fingerprint density at radius 3 is 2.79 bits per heavy atom. The highest BCUT2D eigenvalue weighted by Crippen LogP contribution is 2.29. The van der Waals surface area contributed by atoms with Gasteiger partial charge in [0, 0.05) is 23.4 Å². The van der Waals surface area contributed by atoms with Gasteiger partial charge in [0.25, 0.3) is 0 Å². The fraction of sp³-hybridized carbons (Fsp3) is 0.316. The Hall–Kier alpha value is -2.43. The Morgan fingerprint density at radius 1 is 1.17 bits per heavy atom. The molecule has 5 heteroatoms. The molecular formula is C19H20F2N2O. The second-order valence-electron chi connectivity index (χ2n) is 6.04. The number of carbonyl (C=O) groups excluding carboxylic acids is 1. The van der Waals surface area contributed by atoms with Crippen molar-refractivity contribution >= 4 is 17.3 Å². The molecule has 0 aromatic heterocycles. The Balaban J connectivity index is 1.85. The third-order valence-corrected chi connectivity index (χ3v) is 4.31. The zero-order chi connectivity index (χ0) is 17.1. The third-order valence-electron chi connectivity index (χ3n) is 4.31. The summed E-state index contributed by atoms with van der Waals surface area (Å²) in [7, 11) is 0. The summed E-state index contributed by atoms with van der Waals surface area (Å²) in [6.07, 6.45) is 2.75. The van der Waals surface area contributed by atoms with Gasteiger partial charge in [-0.15, -0.1) is 0 Å². The molecule has 1 aliphatic rings. The number of carbonyl (C=O) groups is 1. The molecule has 126 valence electrons. The van der Waals surface area contributed by atoms with E-state index in [0.717, 1.165) is 41.9 Å². The minimum Gasteiger partial charge on any atom is -0.378 e. The van der Waals surface area contributed by atoms with Crippen LogP contribution >= 0.6 is 0 Å². The van der Waals surface area contributed by atoms with E-state index in [-0.39, 0.29) is 11.9 Å². The van der Waals surface area contributed by atoms with E-state index in [0.29, 0.717) is 18.4 Å². The van der Waals surface area contributed by atoms with Crippen molar-refractivity contribution in [2.24, 2.45) is 0 Å². The van der Waals surface area contributed by atoms with Gasteiger partial charge in [0.05, 0.1) is 6.04 Å². The maximum absolute atomic E-state index is 14.0. The van der Waals surface area contributed by atoms with Gasteiger partial charge in [0.15, 0.2) is 0 Å². The highest BCUT2D eigenvalue weighted by Gasteiger charge is 2.17. The molecule has 1 heterocycles. The zero-order valence-corrected chi connectivity index (χ0v) is 13.5. The molecule has 0 saturated heterocycles. The van der Waals surface area contributed by atoms with Crippen LogP contribution in [0.15, 0.2) is 36.4 Å². The van der Waals surface area contributed by atoms with E-state index in [2.05, 4.69) is 10.6 Å². The molecule has 3 rings (SSSR count). The molecule has 1 aliphatic heterocycles. The van der Waals surface area contributed by atoms with E-state index in [1.54, 1.807) is 0 Å². The lowest BCUT2D eigenvalue weighted by Crippen LogP contribution is -2.13. The first-order valence-corrected chi connectivity index (χ1v) is 8.21. The molecule has 0 aliphatic carbocycles. The second kappa shape index (κ2) is 6.99. The fourth-order valence-corrected chi connectivity index (χ4v) is 3.05. The number of benzene rings is 2. The summed E-state index contributed by atoms with van der Waals surface area (Å²) >= 11 is 0. The Labute approximate surface area is 140 Å². The van der Waals surface area contributed by atoms with E-state index >= 15 is 0 Å². The molecule has 1 atom stereocenters. The van der Waals surface area contributed by atoms with Crippen molar-refractivity contribution in [1.29, 1.82) is 0 Å². The maximum atomic E-state index is 14.0. The first-order chi connectivity index (χ1) is 11.6. The Kier molecular flexibility index (Phi) is 4.79. The molecule has 24 heavy (non-hydrogen) atoms. The molecule has 0 saturated carbocycles. The lowest BCUT2D eigenvalue weighted by atomic mass is 10.0. The summed E-state index contributed by atoms with van der Waals surface area (Å²) in [5.74, 6) is -0.836. The molecule has 0 radical (unpaired) electrons. The highest BCUT2D eigenvalue weighted by molar-refractivity contribution is 5.92. The van der Waals surface area contributed by atoms with Crippen LogP contribution in [0.5, 0.6) is 0 Å². The van der Waals surface area contributed by atoms with Crippen molar-refractivity contribution in [3.63, 3.8) is 0 Å². The van der Waals surface area contributed by atoms with E-state index in [9.17, 15) is 13.6 Å². The largest absolute Gasteiger partial charge is 0.378 e.